The highest BCUT2D eigenvalue weighted by Gasteiger charge is 2.29. The average molecular weight is 504 g/mol. The molecule has 0 N–H and O–H groups in total. The number of piperidine rings is 1. The number of carbonyl (C=O) groups excluding carboxylic acids is 1. The summed E-state index contributed by atoms with van der Waals surface area (Å²) in [7, 11) is -1.77. The van der Waals surface area contributed by atoms with Gasteiger partial charge in [-0.2, -0.15) is 0 Å². The van der Waals surface area contributed by atoms with Gasteiger partial charge in [0.05, 0.1) is 10.4 Å². The molecule has 0 atom stereocenters. The van der Waals surface area contributed by atoms with Gasteiger partial charge >= 0.3 is 6.09 Å². The van der Waals surface area contributed by atoms with Crippen LogP contribution in [0.25, 0.3) is 10.9 Å². The minimum atomic E-state index is -3.79. The quantitative estimate of drug-likeness (QED) is 0.478. The highest BCUT2D eigenvalue weighted by molar-refractivity contribution is 7.90. The molecule has 0 unspecified atom stereocenters. The molecule has 34 heavy (non-hydrogen) atoms. The monoisotopic (exact) mass is 503 g/mol. The summed E-state index contributed by atoms with van der Waals surface area (Å²) in [6.45, 7) is 6.83. The van der Waals surface area contributed by atoms with Gasteiger partial charge in [0.25, 0.3) is 10.0 Å². The van der Waals surface area contributed by atoms with E-state index in [-0.39, 0.29) is 17.0 Å². The van der Waals surface area contributed by atoms with Crippen molar-refractivity contribution in [2.45, 2.75) is 50.2 Å². The second-order valence-electron chi connectivity index (χ2n) is 9.59. The van der Waals surface area contributed by atoms with Crippen LogP contribution in [0, 0.1) is 0 Å². The third-order valence-corrected chi connectivity index (χ3v) is 7.99. The van der Waals surface area contributed by atoms with Crippen molar-refractivity contribution in [3.05, 3.63) is 59.8 Å². The molecule has 0 spiro atoms. The van der Waals surface area contributed by atoms with Crippen LogP contribution in [0.5, 0.6) is 0 Å². The maximum atomic E-state index is 13.3. The predicted octanol–water partition coefficient (Wildman–Crippen LogP) is 5.37. The highest BCUT2D eigenvalue weighted by atomic mass is 35.5. The Morgan fingerprint density at radius 2 is 1.76 bits per heavy atom. The largest absolute Gasteiger partial charge is 0.444 e. The summed E-state index contributed by atoms with van der Waals surface area (Å²) < 4.78 is 33.4. The third kappa shape index (κ3) is 4.88. The zero-order valence-electron chi connectivity index (χ0n) is 19.9. The number of fused-ring (bicyclic) bond motifs is 1. The fourth-order valence-corrected chi connectivity index (χ4v) is 5.99. The van der Waals surface area contributed by atoms with E-state index in [1.165, 1.54) is 10.0 Å². The smallest absolute Gasteiger partial charge is 0.410 e. The van der Waals surface area contributed by atoms with Crippen molar-refractivity contribution >= 4 is 44.3 Å². The van der Waals surface area contributed by atoms with Crippen LogP contribution < -0.4 is 4.90 Å². The number of rotatable bonds is 4. The van der Waals surface area contributed by atoms with Gasteiger partial charge in [-0.3, -0.25) is 0 Å². The van der Waals surface area contributed by atoms with E-state index in [1.807, 2.05) is 46.0 Å². The molecule has 7 nitrogen and oxygen atoms in total. The number of carbonyl (C=O) groups is 1. The van der Waals surface area contributed by atoms with Gasteiger partial charge in [-0.05, 0) is 70.0 Å². The summed E-state index contributed by atoms with van der Waals surface area (Å²) in [5.41, 5.74) is 1.04. The van der Waals surface area contributed by atoms with Crippen molar-refractivity contribution in [1.29, 1.82) is 0 Å². The summed E-state index contributed by atoms with van der Waals surface area (Å²) in [5.74, 6) is 0. The van der Waals surface area contributed by atoms with Crippen LogP contribution in [-0.2, 0) is 14.8 Å². The van der Waals surface area contributed by atoms with Gasteiger partial charge in [-0.25, -0.2) is 17.2 Å². The van der Waals surface area contributed by atoms with Gasteiger partial charge in [0.2, 0.25) is 0 Å². The first-order valence-corrected chi connectivity index (χ1v) is 13.1. The number of anilines is 1. The van der Waals surface area contributed by atoms with Crippen LogP contribution in [0.1, 0.15) is 33.6 Å². The topological polar surface area (TPSA) is 71.9 Å². The first-order chi connectivity index (χ1) is 16.0. The number of amides is 1. The Bertz CT molecular complexity index is 1310. The Balaban J connectivity index is 1.56. The number of hydrogen-bond acceptors (Lipinski definition) is 5. The second kappa shape index (κ2) is 9.15. The van der Waals surface area contributed by atoms with Crippen molar-refractivity contribution in [2.24, 2.45) is 0 Å². The van der Waals surface area contributed by atoms with E-state index in [9.17, 15) is 13.2 Å². The molecule has 182 valence electrons. The highest BCUT2D eigenvalue weighted by Crippen LogP contribution is 2.32. The van der Waals surface area contributed by atoms with E-state index in [0.29, 0.717) is 23.6 Å². The van der Waals surface area contributed by atoms with Crippen LogP contribution in [0.3, 0.4) is 0 Å². The molecule has 2 heterocycles. The summed E-state index contributed by atoms with van der Waals surface area (Å²) >= 11 is 6.03. The Kier molecular flexibility index (Phi) is 6.57. The van der Waals surface area contributed by atoms with E-state index in [1.54, 1.807) is 35.4 Å². The minimum absolute atomic E-state index is 0.144. The van der Waals surface area contributed by atoms with E-state index in [4.69, 9.17) is 16.3 Å². The molecule has 2 aromatic carbocycles. The molecule has 0 bridgehead atoms. The Morgan fingerprint density at radius 1 is 1.09 bits per heavy atom. The van der Waals surface area contributed by atoms with Gasteiger partial charge in [-0.1, -0.05) is 23.7 Å². The molecule has 1 saturated heterocycles. The van der Waals surface area contributed by atoms with Crippen molar-refractivity contribution in [3.63, 3.8) is 0 Å². The minimum Gasteiger partial charge on any atom is -0.444 e. The lowest BCUT2D eigenvalue weighted by molar-refractivity contribution is 0.0205. The summed E-state index contributed by atoms with van der Waals surface area (Å²) in [6, 6.07) is 14.0. The molecule has 0 aliphatic carbocycles. The number of halogens is 1. The van der Waals surface area contributed by atoms with E-state index >= 15 is 0 Å². The average Bonchev–Trinajstić information content (AvgIpc) is 3.23. The summed E-state index contributed by atoms with van der Waals surface area (Å²) in [5, 5.41) is 1.22. The standard InChI is InChI=1S/C25H30ClN3O4S/c1-25(2,3)33-24(30)28-14-11-19(12-15-28)27(4)22-9-6-10-23-21(22)13-16-29(23)34(31,32)20-8-5-7-18(26)17-20/h5-10,13,16-17,19H,11-12,14-15H2,1-4H3. The van der Waals surface area contributed by atoms with Crippen LogP contribution in [-0.4, -0.2) is 55.2 Å². The predicted molar refractivity (Wildman–Crippen MR) is 135 cm³/mol. The first kappa shape index (κ1) is 24.4. The van der Waals surface area contributed by atoms with E-state index in [0.717, 1.165) is 23.9 Å². The van der Waals surface area contributed by atoms with Crippen LogP contribution >= 0.6 is 11.6 Å². The van der Waals surface area contributed by atoms with Crippen molar-refractivity contribution in [2.75, 3.05) is 25.0 Å². The van der Waals surface area contributed by atoms with Crippen molar-refractivity contribution in [1.82, 2.24) is 8.87 Å². The number of hydrogen-bond donors (Lipinski definition) is 0. The van der Waals surface area contributed by atoms with Gasteiger partial charge in [0.15, 0.2) is 0 Å². The maximum absolute atomic E-state index is 13.3. The third-order valence-electron chi connectivity index (χ3n) is 6.07. The number of ether oxygens (including phenoxy) is 1. The van der Waals surface area contributed by atoms with Crippen molar-refractivity contribution < 1.29 is 17.9 Å². The molecular formula is C25H30ClN3O4S. The van der Waals surface area contributed by atoms with Crippen molar-refractivity contribution in [3.8, 4) is 0 Å². The lowest BCUT2D eigenvalue weighted by Crippen LogP contribution is -2.47. The number of benzene rings is 2. The Hall–Kier alpha value is -2.71. The fraction of sp³-hybridized carbons (Fsp3) is 0.400. The number of aromatic nitrogens is 1. The second-order valence-corrected chi connectivity index (χ2v) is 11.8. The Morgan fingerprint density at radius 3 is 2.41 bits per heavy atom. The number of nitrogens with zero attached hydrogens (tertiary/aromatic N) is 3. The molecule has 9 heteroatoms. The zero-order chi connectivity index (χ0) is 24.7. The van der Waals surface area contributed by atoms with Gasteiger partial charge in [0, 0.05) is 48.5 Å². The lowest BCUT2D eigenvalue weighted by Gasteiger charge is -2.38. The molecule has 1 aliphatic rings. The van der Waals surface area contributed by atoms with Crippen LogP contribution in [0.15, 0.2) is 59.6 Å². The number of likely N-dealkylation sites (tertiary alicyclic amines) is 1. The fourth-order valence-electron chi connectivity index (χ4n) is 4.34. The molecule has 3 aromatic rings. The Labute approximate surface area is 205 Å². The molecule has 0 radical (unpaired) electrons. The normalized spacial score (nSPS) is 15.5. The zero-order valence-corrected chi connectivity index (χ0v) is 21.4. The molecule has 0 saturated carbocycles. The molecule has 1 fully saturated rings. The van der Waals surface area contributed by atoms with Crippen LogP contribution in [0.2, 0.25) is 5.02 Å². The first-order valence-electron chi connectivity index (χ1n) is 11.3. The lowest BCUT2D eigenvalue weighted by atomic mass is 10.0. The SMILES string of the molecule is CN(c1cccc2c1ccn2S(=O)(=O)c1cccc(Cl)c1)C1CCN(C(=O)OC(C)(C)C)CC1. The van der Waals surface area contributed by atoms with Gasteiger partial charge in [0.1, 0.15) is 5.60 Å². The molecule has 4 rings (SSSR count). The molecule has 1 aromatic heterocycles. The van der Waals surface area contributed by atoms with Gasteiger partial charge < -0.3 is 14.5 Å². The maximum Gasteiger partial charge on any atom is 0.410 e. The van der Waals surface area contributed by atoms with E-state index in [2.05, 4.69) is 4.90 Å². The summed E-state index contributed by atoms with van der Waals surface area (Å²) in [4.78, 5) is 16.5. The summed E-state index contributed by atoms with van der Waals surface area (Å²) in [6.07, 6.45) is 2.91. The van der Waals surface area contributed by atoms with Crippen LogP contribution in [0.4, 0.5) is 10.5 Å². The van der Waals surface area contributed by atoms with E-state index < -0.39 is 15.6 Å². The molecule has 1 amide bonds. The molecule has 1 aliphatic heterocycles. The van der Waals surface area contributed by atoms with Gasteiger partial charge in [-0.15, -0.1) is 0 Å². The molecular weight excluding hydrogens is 474 g/mol.